The second-order valence-corrected chi connectivity index (χ2v) is 3.69. The fraction of sp³-hybridized carbons (Fsp3) is 1.00. The molecule has 3 nitrogen and oxygen atoms in total. The fourth-order valence-corrected chi connectivity index (χ4v) is 1.96. The van der Waals surface area contributed by atoms with E-state index < -0.39 is 0 Å². The van der Waals surface area contributed by atoms with Crippen LogP contribution in [-0.2, 0) is 0 Å². The maximum Gasteiger partial charge on any atom is 0.0936 e. The lowest BCUT2D eigenvalue weighted by Crippen LogP contribution is -2.48. The number of hydrogen-bond acceptors (Lipinski definition) is 3. The fourth-order valence-electron chi connectivity index (χ4n) is 1.96. The van der Waals surface area contributed by atoms with Crippen LogP contribution in [-0.4, -0.2) is 29.1 Å². The predicted molar refractivity (Wildman–Crippen MR) is 47.7 cm³/mol. The summed E-state index contributed by atoms with van der Waals surface area (Å²) in [6.07, 6.45) is 6.82. The molecule has 0 bridgehead atoms. The number of rotatable bonds is 3. The molecule has 0 unspecified atom stereocenters. The molecule has 0 amide bonds. The highest BCUT2D eigenvalue weighted by Crippen LogP contribution is 2.26. The predicted octanol–water partition coefficient (Wildman–Crippen LogP) is 0.611. The first-order chi connectivity index (χ1) is 5.83. The quantitative estimate of drug-likeness (QED) is 0.433. The smallest absolute Gasteiger partial charge is 0.0936 e. The van der Waals surface area contributed by atoms with Crippen LogP contribution in [0.5, 0.6) is 0 Å². The van der Waals surface area contributed by atoms with Crippen LogP contribution >= 0.6 is 0 Å². The van der Waals surface area contributed by atoms with Gasteiger partial charge in [-0.2, -0.15) is 0 Å². The van der Waals surface area contributed by atoms with Gasteiger partial charge in [0.1, 0.15) is 0 Å². The van der Waals surface area contributed by atoms with Crippen molar-refractivity contribution in [2.45, 2.75) is 44.1 Å². The van der Waals surface area contributed by atoms with Gasteiger partial charge >= 0.3 is 0 Å². The van der Waals surface area contributed by atoms with Crippen molar-refractivity contribution in [1.82, 2.24) is 5.32 Å². The first kappa shape index (κ1) is 9.96. The van der Waals surface area contributed by atoms with E-state index >= 15 is 0 Å². The highest BCUT2D eigenvalue weighted by atomic mass is 16.3. The summed E-state index contributed by atoms with van der Waals surface area (Å²) >= 11 is 0. The van der Waals surface area contributed by atoms with E-state index in [-0.39, 0.29) is 18.9 Å². The Morgan fingerprint density at radius 3 is 2.00 bits per heavy atom. The molecule has 0 aromatic heterocycles. The van der Waals surface area contributed by atoms with Gasteiger partial charge in [0.15, 0.2) is 0 Å². The van der Waals surface area contributed by atoms with E-state index in [4.69, 9.17) is 5.11 Å². The average Bonchev–Trinajstić information content (AvgIpc) is 2.32. The van der Waals surface area contributed by atoms with Crippen molar-refractivity contribution in [3.63, 3.8) is 0 Å². The molecule has 1 rings (SSSR count). The van der Waals surface area contributed by atoms with E-state index in [0.29, 0.717) is 0 Å². The molecular weight excluding hydrogens is 154 g/mol. The Morgan fingerprint density at radius 2 is 1.58 bits per heavy atom. The molecule has 1 fully saturated rings. The second-order valence-electron chi connectivity index (χ2n) is 3.69. The first-order valence-electron chi connectivity index (χ1n) is 4.80. The molecule has 0 atom stereocenters. The maximum absolute atomic E-state index is 9.22. The van der Waals surface area contributed by atoms with Crippen LogP contribution in [0.3, 0.4) is 0 Å². The van der Waals surface area contributed by atoms with Crippen molar-refractivity contribution in [2.75, 3.05) is 13.3 Å². The summed E-state index contributed by atoms with van der Waals surface area (Å²) in [5.41, 5.74) is -0.189. The summed E-state index contributed by atoms with van der Waals surface area (Å²) in [5, 5.41) is 21.0. The normalized spacial score (nSPS) is 23.5. The maximum atomic E-state index is 9.22. The van der Waals surface area contributed by atoms with Crippen molar-refractivity contribution < 1.29 is 10.2 Å². The average molecular weight is 173 g/mol. The SMILES string of the molecule is OCNC1(CO)CCCCCC1. The van der Waals surface area contributed by atoms with Gasteiger partial charge in [-0.15, -0.1) is 0 Å². The molecule has 72 valence electrons. The lowest BCUT2D eigenvalue weighted by atomic mass is 9.91. The van der Waals surface area contributed by atoms with E-state index in [2.05, 4.69) is 5.32 Å². The van der Waals surface area contributed by atoms with E-state index in [1.165, 1.54) is 12.8 Å². The second kappa shape index (κ2) is 4.80. The molecule has 0 saturated heterocycles. The topological polar surface area (TPSA) is 52.5 Å². The summed E-state index contributed by atoms with van der Waals surface area (Å²) < 4.78 is 0. The number of aliphatic hydroxyl groups is 2. The van der Waals surface area contributed by atoms with Crippen LogP contribution in [0.25, 0.3) is 0 Å². The van der Waals surface area contributed by atoms with Crippen LogP contribution < -0.4 is 5.32 Å². The number of aliphatic hydroxyl groups excluding tert-OH is 2. The van der Waals surface area contributed by atoms with Crippen molar-refractivity contribution >= 4 is 0 Å². The molecule has 0 aromatic rings. The van der Waals surface area contributed by atoms with Gasteiger partial charge in [-0.3, -0.25) is 5.32 Å². The standard InChI is InChI=1S/C9H19NO2/c11-7-9(10-8-12)5-3-1-2-4-6-9/h10-12H,1-8H2. The van der Waals surface area contributed by atoms with Crippen molar-refractivity contribution in [3.8, 4) is 0 Å². The van der Waals surface area contributed by atoms with Crippen LogP contribution in [0.15, 0.2) is 0 Å². The molecule has 1 aliphatic rings. The summed E-state index contributed by atoms with van der Waals surface area (Å²) in [4.78, 5) is 0. The molecule has 12 heavy (non-hydrogen) atoms. The van der Waals surface area contributed by atoms with E-state index in [0.717, 1.165) is 25.7 Å². The van der Waals surface area contributed by atoms with Gasteiger partial charge in [0.2, 0.25) is 0 Å². The Kier molecular flexibility index (Phi) is 3.98. The van der Waals surface area contributed by atoms with Crippen molar-refractivity contribution in [2.24, 2.45) is 0 Å². The third kappa shape index (κ3) is 2.44. The van der Waals surface area contributed by atoms with Crippen LogP contribution in [0.4, 0.5) is 0 Å². The van der Waals surface area contributed by atoms with E-state index in [1.54, 1.807) is 0 Å². The van der Waals surface area contributed by atoms with Crippen molar-refractivity contribution in [1.29, 1.82) is 0 Å². The summed E-state index contributed by atoms with van der Waals surface area (Å²) in [5.74, 6) is 0. The van der Waals surface area contributed by atoms with Gasteiger partial charge in [-0.05, 0) is 12.8 Å². The zero-order chi connectivity index (χ0) is 8.86. The third-order valence-corrected chi connectivity index (χ3v) is 2.82. The van der Waals surface area contributed by atoms with Gasteiger partial charge in [0.05, 0.1) is 13.3 Å². The molecule has 1 aliphatic carbocycles. The molecule has 0 aromatic carbocycles. The highest BCUT2D eigenvalue weighted by Gasteiger charge is 2.28. The lowest BCUT2D eigenvalue weighted by molar-refractivity contribution is 0.107. The molecule has 1 saturated carbocycles. The third-order valence-electron chi connectivity index (χ3n) is 2.82. The number of hydrogen-bond donors (Lipinski definition) is 3. The lowest BCUT2D eigenvalue weighted by Gasteiger charge is -2.31. The van der Waals surface area contributed by atoms with Gasteiger partial charge < -0.3 is 10.2 Å². The molecule has 0 aliphatic heterocycles. The van der Waals surface area contributed by atoms with E-state index in [1.807, 2.05) is 0 Å². The largest absolute Gasteiger partial charge is 0.394 e. The Labute approximate surface area is 73.8 Å². The summed E-state index contributed by atoms with van der Waals surface area (Å²) in [7, 11) is 0. The zero-order valence-electron chi connectivity index (χ0n) is 7.55. The van der Waals surface area contributed by atoms with Crippen molar-refractivity contribution in [3.05, 3.63) is 0 Å². The monoisotopic (exact) mass is 173 g/mol. The number of nitrogens with one attached hydrogen (secondary N) is 1. The molecule has 3 N–H and O–H groups in total. The van der Waals surface area contributed by atoms with Gasteiger partial charge in [0.25, 0.3) is 0 Å². The van der Waals surface area contributed by atoms with Crippen LogP contribution in [0.2, 0.25) is 0 Å². The zero-order valence-corrected chi connectivity index (χ0v) is 7.55. The molecule has 3 heteroatoms. The summed E-state index contributed by atoms with van der Waals surface area (Å²) in [6, 6.07) is 0. The first-order valence-corrected chi connectivity index (χ1v) is 4.80. The van der Waals surface area contributed by atoms with Crippen LogP contribution in [0.1, 0.15) is 38.5 Å². The Balaban J connectivity index is 2.48. The molecule has 0 radical (unpaired) electrons. The molecule has 0 heterocycles. The Hall–Kier alpha value is -0.120. The minimum Gasteiger partial charge on any atom is -0.394 e. The molecule has 0 spiro atoms. The Bertz CT molecular complexity index is 120. The minimum atomic E-state index is -0.189. The van der Waals surface area contributed by atoms with Gasteiger partial charge in [-0.25, -0.2) is 0 Å². The minimum absolute atomic E-state index is 0.0272. The van der Waals surface area contributed by atoms with Gasteiger partial charge in [-0.1, -0.05) is 25.7 Å². The summed E-state index contributed by atoms with van der Waals surface area (Å²) in [6.45, 7) is 0.119. The van der Waals surface area contributed by atoms with Gasteiger partial charge in [0, 0.05) is 5.54 Å². The van der Waals surface area contributed by atoms with Crippen LogP contribution in [0, 0.1) is 0 Å². The highest BCUT2D eigenvalue weighted by molar-refractivity contribution is 4.87. The Morgan fingerprint density at radius 1 is 1.00 bits per heavy atom. The molecular formula is C9H19NO2. The van der Waals surface area contributed by atoms with E-state index in [9.17, 15) is 5.11 Å².